The maximum absolute atomic E-state index is 13.1. The highest BCUT2D eigenvalue weighted by molar-refractivity contribution is 7.99. The third-order valence-electron chi connectivity index (χ3n) is 7.55. The van der Waals surface area contributed by atoms with Gasteiger partial charge in [-0.1, -0.05) is 71.4 Å². The van der Waals surface area contributed by atoms with E-state index in [1.165, 1.54) is 0 Å². The molecule has 0 saturated heterocycles. The molecular weight excluding hydrogens is 612 g/mol. The van der Waals surface area contributed by atoms with E-state index >= 15 is 0 Å². The molecule has 7 heteroatoms. The first-order chi connectivity index (χ1) is 22.4. The maximum atomic E-state index is 13.1. The van der Waals surface area contributed by atoms with Crippen molar-refractivity contribution in [3.8, 4) is 0 Å². The minimum absolute atomic E-state index is 0.0170. The van der Waals surface area contributed by atoms with Gasteiger partial charge in [-0.3, -0.25) is 4.79 Å². The molecule has 5 nitrogen and oxygen atoms in total. The van der Waals surface area contributed by atoms with E-state index in [1.54, 1.807) is 36.0 Å². The van der Waals surface area contributed by atoms with Gasteiger partial charge in [0, 0.05) is 39.0 Å². The first-order valence-corrected chi connectivity index (χ1v) is 16.6. The van der Waals surface area contributed by atoms with E-state index in [1.807, 2.05) is 110 Å². The molecule has 0 radical (unpaired) electrons. The lowest BCUT2D eigenvalue weighted by Crippen LogP contribution is -2.16. The number of carbonyl (C=O) groups excluding carboxylic acids is 2. The standard InChI is InChI=1S/C39H35ClN2O3S/c1-3-42(34-23-17-30(18-24-34)38(43)36-13-8-7-10-28(36)2)33-21-15-29(16-22-33)37(41-45-39(44)31-11-5-4-6-12-31)14-9-27-46-35-25-19-32(40)20-26-35/h4-8,10-13,15-26H,3,9,14,27H2,1-2H3/b41-37+. The first-order valence-electron chi connectivity index (χ1n) is 15.2. The van der Waals surface area contributed by atoms with Crippen LogP contribution in [0.4, 0.5) is 11.4 Å². The fourth-order valence-corrected chi connectivity index (χ4v) is 6.03. The molecule has 0 aliphatic carbocycles. The zero-order chi connectivity index (χ0) is 32.3. The highest BCUT2D eigenvalue weighted by atomic mass is 35.5. The molecule has 0 unspecified atom stereocenters. The van der Waals surface area contributed by atoms with Gasteiger partial charge in [-0.15, -0.1) is 11.8 Å². The number of anilines is 2. The topological polar surface area (TPSA) is 59.0 Å². The van der Waals surface area contributed by atoms with E-state index in [-0.39, 0.29) is 5.78 Å². The van der Waals surface area contributed by atoms with E-state index in [0.29, 0.717) is 33.8 Å². The summed E-state index contributed by atoms with van der Waals surface area (Å²) in [6, 6.07) is 40.1. The molecule has 5 aromatic rings. The molecule has 232 valence electrons. The average molecular weight is 647 g/mol. The summed E-state index contributed by atoms with van der Waals surface area (Å²) in [4.78, 5) is 34.5. The molecule has 0 bridgehead atoms. The molecule has 0 atom stereocenters. The molecule has 0 heterocycles. The predicted octanol–water partition coefficient (Wildman–Crippen LogP) is 10.2. The van der Waals surface area contributed by atoms with Crippen molar-refractivity contribution in [3.63, 3.8) is 0 Å². The highest BCUT2D eigenvalue weighted by Gasteiger charge is 2.15. The van der Waals surface area contributed by atoms with Crippen molar-refractivity contribution < 1.29 is 14.4 Å². The Morgan fingerprint density at radius 1 is 0.739 bits per heavy atom. The van der Waals surface area contributed by atoms with Crippen LogP contribution in [0.1, 0.15) is 57.2 Å². The molecule has 5 rings (SSSR count). The number of nitrogens with zero attached hydrogens (tertiary/aromatic N) is 2. The Morgan fingerprint density at radius 3 is 1.98 bits per heavy atom. The van der Waals surface area contributed by atoms with Gasteiger partial charge in [0.05, 0.1) is 11.3 Å². The van der Waals surface area contributed by atoms with Crippen molar-refractivity contribution in [2.75, 3.05) is 17.2 Å². The second-order valence-electron chi connectivity index (χ2n) is 10.7. The first kappa shape index (κ1) is 32.7. The zero-order valence-electron chi connectivity index (χ0n) is 25.9. The van der Waals surface area contributed by atoms with Crippen LogP contribution in [0.5, 0.6) is 0 Å². The summed E-state index contributed by atoms with van der Waals surface area (Å²) in [6.45, 7) is 4.78. The fourth-order valence-electron chi connectivity index (χ4n) is 5.05. The maximum Gasteiger partial charge on any atom is 0.365 e. The quantitative estimate of drug-likeness (QED) is 0.0318. The Kier molecular flexibility index (Phi) is 11.4. The van der Waals surface area contributed by atoms with Crippen LogP contribution in [0.15, 0.2) is 137 Å². The van der Waals surface area contributed by atoms with Crippen LogP contribution in [-0.2, 0) is 4.84 Å². The molecule has 0 aromatic heterocycles. The molecule has 0 spiro atoms. The van der Waals surface area contributed by atoms with E-state index < -0.39 is 5.97 Å². The van der Waals surface area contributed by atoms with Gasteiger partial charge in [0.2, 0.25) is 0 Å². The number of benzene rings is 5. The molecule has 0 aliphatic heterocycles. The Bertz CT molecular complexity index is 1790. The Hall–Kier alpha value is -4.65. The number of rotatable bonds is 13. The van der Waals surface area contributed by atoms with Crippen LogP contribution < -0.4 is 4.90 Å². The minimum Gasteiger partial charge on any atom is -0.342 e. The average Bonchev–Trinajstić information content (AvgIpc) is 3.10. The number of ketones is 1. The second-order valence-corrected chi connectivity index (χ2v) is 12.3. The van der Waals surface area contributed by atoms with E-state index in [4.69, 9.17) is 16.4 Å². The van der Waals surface area contributed by atoms with Gasteiger partial charge in [0.15, 0.2) is 5.78 Å². The summed E-state index contributed by atoms with van der Waals surface area (Å²) in [7, 11) is 0. The lowest BCUT2D eigenvalue weighted by Gasteiger charge is -2.24. The Labute approximate surface area is 279 Å². The number of aryl methyl sites for hydroxylation is 1. The molecule has 46 heavy (non-hydrogen) atoms. The van der Waals surface area contributed by atoms with Gasteiger partial charge in [0.1, 0.15) is 0 Å². The minimum atomic E-state index is -0.494. The largest absolute Gasteiger partial charge is 0.365 e. The van der Waals surface area contributed by atoms with Gasteiger partial charge in [-0.25, -0.2) is 4.79 Å². The van der Waals surface area contributed by atoms with Gasteiger partial charge >= 0.3 is 5.97 Å². The highest BCUT2D eigenvalue weighted by Crippen LogP contribution is 2.28. The van der Waals surface area contributed by atoms with Gasteiger partial charge < -0.3 is 9.74 Å². The summed E-state index contributed by atoms with van der Waals surface area (Å²) < 4.78 is 0. The van der Waals surface area contributed by atoms with Crippen molar-refractivity contribution in [2.24, 2.45) is 5.16 Å². The number of carbonyl (C=O) groups is 2. The van der Waals surface area contributed by atoms with E-state index in [0.717, 1.165) is 46.1 Å². The zero-order valence-corrected chi connectivity index (χ0v) is 27.4. The Balaban J connectivity index is 1.30. The van der Waals surface area contributed by atoms with Crippen LogP contribution in [0.25, 0.3) is 0 Å². The van der Waals surface area contributed by atoms with Crippen molar-refractivity contribution in [1.29, 1.82) is 0 Å². The number of thioether (sulfide) groups is 1. The second kappa shape index (κ2) is 16.1. The molecular formula is C39H35ClN2O3S. The molecule has 0 N–H and O–H groups in total. The van der Waals surface area contributed by atoms with Crippen LogP contribution >= 0.6 is 23.4 Å². The molecule has 0 saturated carbocycles. The van der Waals surface area contributed by atoms with Gasteiger partial charge in [-0.2, -0.15) is 0 Å². The van der Waals surface area contributed by atoms with Crippen molar-refractivity contribution in [3.05, 3.63) is 160 Å². The summed E-state index contributed by atoms with van der Waals surface area (Å²) in [6.07, 6.45) is 1.47. The van der Waals surface area contributed by atoms with Crippen LogP contribution in [0, 0.1) is 6.92 Å². The number of halogens is 1. The summed E-state index contributed by atoms with van der Waals surface area (Å²) in [5, 5.41) is 5.05. The van der Waals surface area contributed by atoms with Crippen molar-refractivity contribution in [1.82, 2.24) is 0 Å². The number of hydrogen-bond acceptors (Lipinski definition) is 6. The third kappa shape index (κ3) is 8.53. The van der Waals surface area contributed by atoms with Crippen molar-refractivity contribution in [2.45, 2.75) is 31.6 Å². The lowest BCUT2D eigenvalue weighted by atomic mass is 9.99. The number of hydrogen-bond donors (Lipinski definition) is 0. The summed E-state index contributed by atoms with van der Waals surface area (Å²) >= 11 is 7.77. The summed E-state index contributed by atoms with van der Waals surface area (Å²) in [5.74, 6) is 0.396. The Morgan fingerprint density at radius 2 is 1.35 bits per heavy atom. The lowest BCUT2D eigenvalue weighted by molar-refractivity contribution is 0.0515. The van der Waals surface area contributed by atoms with Crippen LogP contribution in [0.3, 0.4) is 0 Å². The third-order valence-corrected chi connectivity index (χ3v) is 8.90. The van der Waals surface area contributed by atoms with Crippen LogP contribution in [-0.4, -0.2) is 29.8 Å². The fraction of sp³-hybridized carbons (Fsp3) is 0.154. The summed E-state index contributed by atoms with van der Waals surface area (Å²) in [5.41, 5.74) is 6.36. The molecule has 5 aromatic carbocycles. The molecule has 0 amide bonds. The number of oxime groups is 1. The van der Waals surface area contributed by atoms with E-state index in [2.05, 4.69) is 17.0 Å². The normalized spacial score (nSPS) is 11.2. The van der Waals surface area contributed by atoms with Gasteiger partial charge in [0.25, 0.3) is 0 Å². The van der Waals surface area contributed by atoms with Crippen molar-refractivity contribution >= 4 is 52.2 Å². The predicted molar refractivity (Wildman–Crippen MR) is 190 cm³/mol. The molecule has 0 aliphatic rings. The smallest absolute Gasteiger partial charge is 0.342 e. The van der Waals surface area contributed by atoms with Gasteiger partial charge in [-0.05, 0) is 116 Å². The SMILES string of the molecule is CCN(c1ccc(C(=O)c2ccccc2C)cc1)c1ccc(/C(CCCSc2ccc(Cl)cc2)=N/OC(=O)c2ccccc2)cc1. The monoisotopic (exact) mass is 646 g/mol. The molecule has 0 fully saturated rings. The van der Waals surface area contributed by atoms with E-state index in [9.17, 15) is 9.59 Å². The van der Waals surface area contributed by atoms with Crippen LogP contribution in [0.2, 0.25) is 5.02 Å².